The highest BCUT2D eigenvalue weighted by molar-refractivity contribution is 5.85. The summed E-state index contributed by atoms with van der Waals surface area (Å²) >= 11 is 0. The average Bonchev–Trinajstić information content (AvgIpc) is 2.78. The Balaban J connectivity index is 2.02. The second kappa shape index (κ2) is 5.23. The summed E-state index contributed by atoms with van der Waals surface area (Å²) in [5.41, 5.74) is 9.12. The molecule has 0 saturated carbocycles. The maximum Gasteiger partial charge on any atom is 0.417 e. The van der Waals surface area contributed by atoms with Crippen molar-refractivity contribution in [2.24, 2.45) is 0 Å². The van der Waals surface area contributed by atoms with Gasteiger partial charge in [0.2, 0.25) is 0 Å². The molecule has 2 heterocycles. The lowest BCUT2D eigenvalue weighted by atomic mass is 9.97. The number of anilines is 2. The highest BCUT2D eigenvalue weighted by atomic mass is 16.4. The lowest BCUT2D eigenvalue weighted by Crippen LogP contribution is -2.39. The van der Waals surface area contributed by atoms with Crippen LogP contribution in [0.1, 0.15) is 39.0 Å². The molecule has 108 valence electrons. The van der Waals surface area contributed by atoms with Gasteiger partial charge in [-0.25, -0.2) is 4.79 Å². The Morgan fingerprint density at radius 3 is 3.10 bits per heavy atom. The van der Waals surface area contributed by atoms with Gasteiger partial charge in [-0.05, 0) is 31.7 Å². The third-order valence-electron chi connectivity index (χ3n) is 4.13. The van der Waals surface area contributed by atoms with E-state index in [-0.39, 0.29) is 0 Å². The monoisotopic (exact) mass is 275 g/mol. The maximum absolute atomic E-state index is 11.3. The van der Waals surface area contributed by atoms with Crippen LogP contribution < -0.4 is 16.4 Å². The van der Waals surface area contributed by atoms with Crippen LogP contribution in [0, 0.1) is 0 Å². The van der Waals surface area contributed by atoms with Gasteiger partial charge in [0.25, 0.3) is 0 Å². The van der Waals surface area contributed by atoms with Gasteiger partial charge in [-0.15, -0.1) is 0 Å². The number of oxazole rings is 1. The summed E-state index contributed by atoms with van der Waals surface area (Å²) in [6.07, 6.45) is 6.05. The first-order chi connectivity index (χ1) is 9.69. The van der Waals surface area contributed by atoms with E-state index in [1.807, 2.05) is 6.07 Å². The van der Waals surface area contributed by atoms with Gasteiger partial charge >= 0.3 is 5.76 Å². The van der Waals surface area contributed by atoms with Crippen LogP contribution in [0.25, 0.3) is 11.1 Å². The molecule has 0 amide bonds. The SMILES string of the molecule is CCCC1CCCCN1c1cc2[nH]c(=O)oc2cc1N. The molecule has 3 rings (SSSR count). The van der Waals surface area contributed by atoms with Crippen molar-refractivity contribution >= 4 is 22.5 Å². The van der Waals surface area contributed by atoms with Crippen LogP contribution in [-0.2, 0) is 0 Å². The maximum atomic E-state index is 11.3. The summed E-state index contributed by atoms with van der Waals surface area (Å²) < 4.78 is 5.06. The molecule has 5 nitrogen and oxygen atoms in total. The second-order valence-electron chi connectivity index (χ2n) is 5.55. The van der Waals surface area contributed by atoms with Crippen molar-refractivity contribution < 1.29 is 4.42 Å². The number of aromatic nitrogens is 1. The fourth-order valence-electron chi connectivity index (χ4n) is 3.20. The molecule has 3 N–H and O–H groups in total. The number of benzene rings is 1. The zero-order valence-corrected chi connectivity index (χ0v) is 11.8. The Bertz CT molecular complexity index is 657. The summed E-state index contributed by atoms with van der Waals surface area (Å²) in [7, 11) is 0. The third kappa shape index (κ3) is 2.28. The number of hydrogen-bond donors (Lipinski definition) is 2. The molecule has 0 spiro atoms. The van der Waals surface area contributed by atoms with Gasteiger partial charge in [0.15, 0.2) is 5.58 Å². The van der Waals surface area contributed by atoms with E-state index in [0.717, 1.165) is 17.7 Å². The van der Waals surface area contributed by atoms with E-state index >= 15 is 0 Å². The highest BCUT2D eigenvalue weighted by Gasteiger charge is 2.24. The number of nitrogens with two attached hydrogens (primary N) is 1. The first-order valence-corrected chi connectivity index (χ1v) is 7.38. The largest absolute Gasteiger partial charge is 0.417 e. The van der Waals surface area contributed by atoms with E-state index in [1.54, 1.807) is 6.07 Å². The summed E-state index contributed by atoms with van der Waals surface area (Å²) in [6, 6.07) is 4.25. The molecule has 1 aromatic heterocycles. The zero-order chi connectivity index (χ0) is 14.1. The Hall–Kier alpha value is -1.91. The topological polar surface area (TPSA) is 75.3 Å². The summed E-state index contributed by atoms with van der Waals surface area (Å²) in [4.78, 5) is 16.4. The van der Waals surface area contributed by atoms with Crippen molar-refractivity contribution in [2.45, 2.75) is 45.1 Å². The molecule has 1 atom stereocenters. The minimum Gasteiger partial charge on any atom is -0.408 e. The predicted molar refractivity (Wildman–Crippen MR) is 81.1 cm³/mol. The Morgan fingerprint density at radius 1 is 1.45 bits per heavy atom. The van der Waals surface area contributed by atoms with E-state index < -0.39 is 5.76 Å². The smallest absolute Gasteiger partial charge is 0.408 e. The fourth-order valence-corrected chi connectivity index (χ4v) is 3.20. The van der Waals surface area contributed by atoms with Crippen molar-refractivity contribution in [3.05, 3.63) is 22.7 Å². The Morgan fingerprint density at radius 2 is 2.30 bits per heavy atom. The van der Waals surface area contributed by atoms with E-state index in [4.69, 9.17) is 10.2 Å². The van der Waals surface area contributed by atoms with Crippen LogP contribution in [0.15, 0.2) is 21.3 Å². The molecule has 0 radical (unpaired) electrons. The standard InChI is InChI=1S/C15H21N3O2/c1-2-5-10-6-3-4-7-18(10)13-9-12-14(8-11(13)16)20-15(19)17-12/h8-10H,2-7,16H2,1H3,(H,17,19). The van der Waals surface area contributed by atoms with Crippen LogP contribution in [0.3, 0.4) is 0 Å². The van der Waals surface area contributed by atoms with Gasteiger partial charge in [-0.1, -0.05) is 13.3 Å². The first-order valence-electron chi connectivity index (χ1n) is 7.38. The van der Waals surface area contributed by atoms with Gasteiger partial charge in [-0.3, -0.25) is 4.98 Å². The molecule has 5 heteroatoms. The number of H-pyrrole nitrogens is 1. The van der Waals surface area contributed by atoms with Crippen molar-refractivity contribution in [1.29, 1.82) is 0 Å². The first kappa shape index (κ1) is 13.1. The number of nitrogen functional groups attached to an aromatic ring is 1. The van der Waals surface area contributed by atoms with Gasteiger partial charge in [0.05, 0.1) is 16.9 Å². The summed E-state index contributed by atoms with van der Waals surface area (Å²) in [5.74, 6) is -0.430. The van der Waals surface area contributed by atoms with E-state index in [9.17, 15) is 4.79 Å². The minimum absolute atomic E-state index is 0.430. The van der Waals surface area contributed by atoms with E-state index in [0.29, 0.717) is 17.3 Å². The highest BCUT2D eigenvalue weighted by Crippen LogP contribution is 2.33. The van der Waals surface area contributed by atoms with Gasteiger partial charge in [-0.2, -0.15) is 0 Å². The van der Waals surface area contributed by atoms with Gasteiger partial charge in [0, 0.05) is 18.7 Å². The predicted octanol–water partition coefficient (Wildman–Crippen LogP) is 2.86. The summed E-state index contributed by atoms with van der Waals surface area (Å²) in [6.45, 7) is 3.25. The lowest BCUT2D eigenvalue weighted by Gasteiger charge is -2.38. The number of fused-ring (bicyclic) bond motifs is 1. The quantitative estimate of drug-likeness (QED) is 0.845. The molecule has 1 aliphatic rings. The zero-order valence-electron chi connectivity index (χ0n) is 11.8. The molecular weight excluding hydrogens is 254 g/mol. The molecule has 1 unspecified atom stereocenters. The number of nitrogens with zero attached hydrogens (tertiary/aromatic N) is 1. The number of aromatic amines is 1. The van der Waals surface area contributed by atoms with Crippen LogP contribution in [0.5, 0.6) is 0 Å². The Labute approximate surface area is 117 Å². The molecular formula is C15H21N3O2. The fraction of sp³-hybridized carbons (Fsp3) is 0.533. The summed E-state index contributed by atoms with van der Waals surface area (Å²) in [5, 5.41) is 0. The van der Waals surface area contributed by atoms with Crippen LogP contribution in [-0.4, -0.2) is 17.6 Å². The number of hydrogen-bond acceptors (Lipinski definition) is 4. The molecule has 1 saturated heterocycles. The minimum atomic E-state index is -0.430. The van der Waals surface area contributed by atoms with E-state index in [1.165, 1.54) is 32.1 Å². The van der Waals surface area contributed by atoms with Crippen molar-refractivity contribution in [2.75, 3.05) is 17.2 Å². The van der Waals surface area contributed by atoms with Gasteiger partial charge < -0.3 is 15.1 Å². The van der Waals surface area contributed by atoms with Crippen LogP contribution >= 0.6 is 0 Å². The molecule has 2 aromatic rings. The van der Waals surface area contributed by atoms with Crippen molar-refractivity contribution in [1.82, 2.24) is 4.98 Å². The molecule has 1 aromatic carbocycles. The van der Waals surface area contributed by atoms with E-state index in [2.05, 4.69) is 16.8 Å². The van der Waals surface area contributed by atoms with Crippen LogP contribution in [0.2, 0.25) is 0 Å². The van der Waals surface area contributed by atoms with Crippen LogP contribution in [0.4, 0.5) is 11.4 Å². The van der Waals surface area contributed by atoms with Crippen molar-refractivity contribution in [3.63, 3.8) is 0 Å². The molecule has 0 aliphatic carbocycles. The number of nitrogens with one attached hydrogen (secondary N) is 1. The average molecular weight is 275 g/mol. The second-order valence-corrected chi connectivity index (χ2v) is 5.55. The Kier molecular flexibility index (Phi) is 3.42. The number of piperidine rings is 1. The molecule has 0 bridgehead atoms. The van der Waals surface area contributed by atoms with Crippen molar-refractivity contribution in [3.8, 4) is 0 Å². The molecule has 20 heavy (non-hydrogen) atoms. The molecule has 1 fully saturated rings. The normalized spacial score (nSPS) is 19.6. The third-order valence-corrected chi connectivity index (χ3v) is 4.13. The van der Waals surface area contributed by atoms with Gasteiger partial charge in [0.1, 0.15) is 0 Å². The molecule has 1 aliphatic heterocycles. The lowest BCUT2D eigenvalue weighted by molar-refractivity contribution is 0.435. The number of rotatable bonds is 3.